The van der Waals surface area contributed by atoms with Crippen LogP contribution in [0.4, 0.5) is 4.39 Å². The van der Waals surface area contributed by atoms with E-state index in [2.05, 4.69) is 37.9 Å². The lowest BCUT2D eigenvalue weighted by molar-refractivity contribution is 0.223. The molecular weight excluding hydrogens is 263 g/mol. The highest BCUT2D eigenvalue weighted by atomic mass is 19.1. The first-order valence-electron chi connectivity index (χ1n) is 8.34. The molecule has 1 N–H and O–H groups in total. The Bertz CT molecular complexity index is 402. The molecule has 3 heteroatoms. The highest BCUT2D eigenvalue weighted by Gasteiger charge is 2.13. The number of hydrogen-bond donors (Lipinski definition) is 1. The van der Waals surface area contributed by atoms with Gasteiger partial charge in [0.15, 0.2) is 0 Å². The van der Waals surface area contributed by atoms with Gasteiger partial charge in [-0.25, -0.2) is 4.39 Å². The fourth-order valence-corrected chi connectivity index (χ4v) is 2.59. The van der Waals surface area contributed by atoms with Gasteiger partial charge in [-0.15, -0.1) is 0 Å². The van der Waals surface area contributed by atoms with Crippen molar-refractivity contribution in [1.82, 2.24) is 10.2 Å². The van der Waals surface area contributed by atoms with Crippen LogP contribution in [-0.2, 0) is 13.1 Å². The fourth-order valence-electron chi connectivity index (χ4n) is 2.59. The third-order valence-electron chi connectivity index (χ3n) is 4.20. The van der Waals surface area contributed by atoms with Crippen LogP contribution in [0.25, 0.3) is 0 Å². The van der Waals surface area contributed by atoms with Crippen molar-refractivity contribution in [1.29, 1.82) is 0 Å². The Morgan fingerprint density at radius 2 is 1.86 bits per heavy atom. The van der Waals surface area contributed by atoms with E-state index in [0.29, 0.717) is 12.5 Å². The van der Waals surface area contributed by atoms with Gasteiger partial charge in [-0.2, -0.15) is 0 Å². The lowest BCUT2D eigenvalue weighted by Crippen LogP contribution is -2.29. The molecule has 0 aromatic heterocycles. The van der Waals surface area contributed by atoms with Crippen molar-refractivity contribution in [2.24, 2.45) is 5.92 Å². The van der Waals surface area contributed by atoms with Gasteiger partial charge in [0.05, 0.1) is 0 Å². The topological polar surface area (TPSA) is 15.3 Å². The zero-order valence-electron chi connectivity index (χ0n) is 14.1. The molecule has 0 saturated carbocycles. The number of nitrogens with one attached hydrogen (secondary N) is 1. The lowest BCUT2D eigenvalue weighted by atomic mass is 10.0. The summed E-state index contributed by atoms with van der Waals surface area (Å²) in [6.07, 6.45) is 2.38. The first-order valence-corrected chi connectivity index (χ1v) is 8.34. The van der Waals surface area contributed by atoms with Gasteiger partial charge >= 0.3 is 0 Å². The minimum absolute atomic E-state index is 0.0850. The third kappa shape index (κ3) is 6.15. The van der Waals surface area contributed by atoms with Crippen molar-refractivity contribution < 1.29 is 4.39 Å². The van der Waals surface area contributed by atoms with Crippen LogP contribution in [-0.4, -0.2) is 24.5 Å². The number of rotatable bonds is 10. The predicted molar refractivity (Wildman–Crippen MR) is 88.8 cm³/mol. The quantitative estimate of drug-likeness (QED) is 0.696. The largest absolute Gasteiger partial charge is 0.313 e. The second kappa shape index (κ2) is 9.91. The molecule has 0 heterocycles. The molecule has 0 saturated heterocycles. The summed E-state index contributed by atoms with van der Waals surface area (Å²) in [4.78, 5) is 2.35. The summed E-state index contributed by atoms with van der Waals surface area (Å²) in [5.74, 6) is 0.621. The van der Waals surface area contributed by atoms with Gasteiger partial charge in [-0.3, -0.25) is 4.90 Å². The Balaban J connectivity index is 2.73. The van der Waals surface area contributed by atoms with E-state index < -0.39 is 0 Å². The molecule has 120 valence electrons. The van der Waals surface area contributed by atoms with Crippen molar-refractivity contribution in [3.8, 4) is 0 Å². The maximum Gasteiger partial charge on any atom is 0.127 e. The monoisotopic (exact) mass is 294 g/mol. The van der Waals surface area contributed by atoms with Crippen LogP contribution in [0.3, 0.4) is 0 Å². The van der Waals surface area contributed by atoms with Crippen LogP contribution in [0, 0.1) is 11.7 Å². The Morgan fingerprint density at radius 3 is 2.43 bits per heavy atom. The smallest absolute Gasteiger partial charge is 0.127 e. The average molecular weight is 294 g/mol. The lowest BCUT2D eigenvalue weighted by Gasteiger charge is -2.25. The van der Waals surface area contributed by atoms with Gasteiger partial charge in [-0.05, 0) is 30.6 Å². The van der Waals surface area contributed by atoms with E-state index in [9.17, 15) is 4.39 Å². The van der Waals surface area contributed by atoms with Crippen LogP contribution in [0.1, 0.15) is 51.7 Å². The van der Waals surface area contributed by atoms with E-state index in [-0.39, 0.29) is 5.82 Å². The first kappa shape index (κ1) is 18.1. The molecule has 2 nitrogen and oxygen atoms in total. The molecule has 0 atom stereocenters. The zero-order valence-corrected chi connectivity index (χ0v) is 14.1. The molecular formula is C18H31FN2. The van der Waals surface area contributed by atoms with Crippen LogP contribution in [0.15, 0.2) is 18.2 Å². The minimum Gasteiger partial charge on any atom is -0.313 e. The maximum atomic E-state index is 14.0. The molecule has 0 amide bonds. The Morgan fingerprint density at radius 1 is 1.14 bits per heavy atom. The molecule has 0 fully saturated rings. The normalized spacial score (nSPS) is 11.6. The molecule has 0 aliphatic carbocycles. The predicted octanol–water partition coefficient (Wildman–Crippen LogP) is 4.19. The highest BCUT2D eigenvalue weighted by Crippen LogP contribution is 2.16. The standard InChI is InChI=1S/C18H31FN2/c1-5-15(6-2)13-21(8-4)14-17-11-16(12-20-7-3)9-10-18(17)19/h9-11,15,20H,5-8,12-14H2,1-4H3. The van der Waals surface area contributed by atoms with Crippen LogP contribution < -0.4 is 5.32 Å². The van der Waals surface area contributed by atoms with E-state index in [1.807, 2.05) is 12.1 Å². The highest BCUT2D eigenvalue weighted by molar-refractivity contribution is 5.25. The van der Waals surface area contributed by atoms with E-state index in [4.69, 9.17) is 0 Å². The second-order valence-corrected chi connectivity index (χ2v) is 5.72. The summed E-state index contributed by atoms with van der Waals surface area (Å²) < 4.78 is 14.0. The summed E-state index contributed by atoms with van der Waals surface area (Å²) in [5.41, 5.74) is 1.98. The van der Waals surface area contributed by atoms with Gasteiger partial charge < -0.3 is 5.32 Å². The van der Waals surface area contributed by atoms with Crippen molar-refractivity contribution >= 4 is 0 Å². The first-order chi connectivity index (χ1) is 10.1. The summed E-state index contributed by atoms with van der Waals surface area (Å²) in [6, 6.07) is 5.49. The van der Waals surface area contributed by atoms with Gasteiger partial charge in [0.25, 0.3) is 0 Å². The summed E-state index contributed by atoms with van der Waals surface area (Å²) in [7, 11) is 0. The Labute approximate surface area is 129 Å². The van der Waals surface area contributed by atoms with Gasteiger partial charge in [0.1, 0.15) is 5.82 Å². The van der Waals surface area contributed by atoms with Crippen molar-refractivity contribution in [3.63, 3.8) is 0 Å². The number of hydrogen-bond acceptors (Lipinski definition) is 2. The molecule has 1 aromatic carbocycles. The molecule has 0 spiro atoms. The molecule has 1 rings (SSSR count). The molecule has 0 aliphatic rings. The molecule has 21 heavy (non-hydrogen) atoms. The van der Waals surface area contributed by atoms with Crippen molar-refractivity contribution in [2.75, 3.05) is 19.6 Å². The molecule has 0 radical (unpaired) electrons. The fraction of sp³-hybridized carbons (Fsp3) is 0.667. The van der Waals surface area contributed by atoms with Gasteiger partial charge in [0, 0.05) is 25.2 Å². The van der Waals surface area contributed by atoms with E-state index in [0.717, 1.165) is 37.3 Å². The number of halogens is 1. The molecule has 1 aromatic rings. The summed E-state index contributed by atoms with van der Waals surface area (Å²) >= 11 is 0. The van der Waals surface area contributed by atoms with Crippen LogP contribution >= 0.6 is 0 Å². The van der Waals surface area contributed by atoms with E-state index in [1.165, 1.54) is 12.8 Å². The van der Waals surface area contributed by atoms with Gasteiger partial charge in [0.2, 0.25) is 0 Å². The minimum atomic E-state index is -0.0850. The average Bonchev–Trinajstić information content (AvgIpc) is 2.51. The molecule has 0 unspecified atom stereocenters. The SMILES string of the molecule is CCNCc1ccc(F)c(CN(CC)CC(CC)CC)c1. The van der Waals surface area contributed by atoms with Crippen LogP contribution in [0.2, 0.25) is 0 Å². The Hall–Kier alpha value is -0.930. The Kier molecular flexibility index (Phi) is 8.55. The van der Waals surface area contributed by atoms with E-state index in [1.54, 1.807) is 6.07 Å². The summed E-state index contributed by atoms with van der Waals surface area (Å²) in [5, 5.41) is 3.29. The zero-order chi connectivity index (χ0) is 15.7. The summed E-state index contributed by atoms with van der Waals surface area (Å²) in [6.45, 7) is 13.2. The number of nitrogens with zero attached hydrogens (tertiary/aromatic N) is 1. The molecule has 0 aliphatic heterocycles. The van der Waals surface area contributed by atoms with Crippen LogP contribution in [0.5, 0.6) is 0 Å². The third-order valence-corrected chi connectivity index (χ3v) is 4.20. The van der Waals surface area contributed by atoms with Crippen molar-refractivity contribution in [2.45, 2.75) is 53.6 Å². The maximum absolute atomic E-state index is 14.0. The van der Waals surface area contributed by atoms with Crippen molar-refractivity contribution in [3.05, 3.63) is 35.1 Å². The van der Waals surface area contributed by atoms with Gasteiger partial charge in [-0.1, -0.05) is 52.7 Å². The second-order valence-electron chi connectivity index (χ2n) is 5.72. The number of benzene rings is 1. The van der Waals surface area contributed by atoms with E-state index >= 15 is 0 Å². The molecule has 0 bridgehead atoms.